The molecule has 0 radical (unpaired) electrons. The van der Waals surface area contributed by atoms with Crippen molar-refractivity contribution in [1.29, 1.82) is 0 Å². The molecular formula is C12H18N2. The van der Waals surface area contributed by atoms with Crippen LogP contribution in [0.5, 0.6) is 0 Å². The summed E-state index contributed by atoms with van der Waals surface area (Å²) in [5.41, 5.74) is 9.02. The van der Waals surface area contributed by atoms with Crippen molar-refractivity contribution in [3.05, 3.63) is 23.8 Å². The van der Waals surface area contributed by atoms with Gasteiger partial charge >= 0.3 is 0 Å². The number of nitrogens with two attached hydrogens (primary N) is 1. The maximum atomic E-state index is 5.70. The van der Waals surface area contributed by atoms with E-state index in [2.05, 4.69) is 25.2 Å². The second-order valence-corrected chi connectivity index (χ2v) is 4.23. The Balaban J connectivity index is 2.03. The Morgan fingerprint density at radius 3 is 2.86 bits per heavy atom. The number of hydrogen-bond donors (Lipinski definition) is 2. The van der Waals surface area contributed by atoms with Crippen molar-refractivity contribution in [2.24, 2.45) is 5.92 Å². The summed E-state index contributed by atoms with van der Waals surface area (Å²) < 4.78 is 0. The molecule has 1 aliphatic carbocycles. The van der Waals surface area contributed by atoms with Gasteiger partial charge in [-0.2, -0.15) is 0 Å². The van der Waals surface area contributed by atoms with Gasteiger partial charge in [-0.25, -0.2) is 0 Å². The summed E-state index contributed by atoms with van der Waals surface area (Å²) in [6, 6.07) is 6.75. The number of benzene rings is 1. The fraction of sp³-hybridized carbons (Fsp3) is 0.500. The Morgan fingerprint density at radius 1 is 1.50 bits per heavy atom. The number of rotatable bonds is 3. The van der Waals surface area contributed by atoms with Crippen molar-refractivity contribution in [1.82, 2.24) is 0 Å². The molecule has 1 aromatic rings. The molecule has 0 saturated heterocycles. The fourth-order valence-corrected chi connectivity index (χ4v) is 1.92. The van der Waals surface area contributed by atoms with E-state index in [1.165, 1.54) is 24.1 Å². The number of anilines is 2. The van der Waals surface area contributed by atoms with E-state index in [1.807, 2.05) is 12.1 Å². The van der Waals surface area contributed by atoms with Gasteiger partial charge in [0.15, 0.2) is 0 Å². The van der Waals surface area contributed by atoms with Gasteiger partial charge in [-0.15, -0.1) is 0 Å². The molecule has 2 atom stereocenters. The monoisotopic (exact) mass is 190 g/mol. The molecule has 3 N–H and O–H groups in total. The highest BCUT2D eigenvalue weighted by atomic mass is 15.0. The molecule has 0 aromatic heterocycles. The predicted octanol–water partition coefficient (Wildman–Crippen LogP) is 2.79. The first-order valence-electron chi connectivity index (χ1n) is 5.33. The number of hydrogen-bond acceptors (Lipinski definition) is 2. The fourth-order valence-electron chi connectivity index (χ4n) is 1.92. The third-order valence-electron chi connectivity index (χ3n) is 3.04. The first-order valence-corrected chi connectivity index (χ1v) is 5.33. The van der Waals surface area contributed by atoms with Gasteiger partial charge in [-0.05, 0) is 43.0 Å². The van der Waals surface area contributed by atoms with Gasteiger partial charge in [0.1, 0.15) is 0 Å². The van der Waals surface area contributed by atoms with E-state index in [9.17, 15) is 0 Å². The molecule has 0 aliphatic heterocycles. The number of nitrogens with one attached hydrogen (secondary N) is 1. The van der Waals surface area contributed by atoms with Crippen molar-refractivity contribution >= 4 is 11.4 Å². The lowest BCUT2D eigenvalue weighted by molar-refractivity contribution is 0.774. The van der Waals surface area contributed by atoms with Crippen molar-refractivity contribution in [2.75, 3.05) is 11.1 Å². The van der Waals surface area contributed by atoms with Crippen LogP contribution < -0.4 is 11.1 Å². The maximum Gasteiger partial charge on any atom is 0.0373 e. The van der Waals surface area contributed by atoms with Crippen molar-refractivity contribution in [3.63, 3.8) is 0 Å². The molecule has 0 spiro atoms. The first kappa shape index (κ1) is 9.38. The Kier molecular flexibility index (Phi) is 2.36. The highest BCUT2D eigenvalue weighted by Crippen LogP contribution is 2.36. The van der Waals surface area contributed by atoms with E-state index >= 15 is 0 Å². The third kappa shape index (κ3) is 1.84. The lowest BCUT2D eigenvalue weighted by atomic mass is 10.2. The summed E-state index contributed by atoms with van der Waals surface area (Å²) >= 11 is 0. The van der Waals surface area contributed by atoms with E-state index in [-0.39, 0.29) is 0 Å². The average Bonchev–Trinajstić information content (AvgIpc) is 2.89. The predicted molar refractivity (Wildman–Crippen MR) is 61.4 cm³/mol. The van der Waals surface area contributed by atoms with Crippen LogP contribution in [0.2, 0.25) is 0 Å². The maximum absolute atomic E-state index is 5.70. The van der Waals surface area contributed by atoms with Crippen LogP contribution in [0.1, 0.15) is 25.3 Å². The van der Waals surface area contributed by atoms with E-state index in [1.54, 1.807) is 0 Å². The summed E-state index contributed by atoms with van der Waals surface area (Å²) in [5, 5.41) is 3.56. The molecule has 1 aliphatic rings. The molecule has 14 heavy (non-hydrogen) atoms. The second kappa shape index (κ2) is 3.52. The Hall–Kier alpha value is -1.18. The van der Waals surface area contributed by atoms with Crippen LogP contribution in [0, 0.1) is 12.8 Å². The van der Waals surface area contributed by atoms with Crippen LogP contribution in [-0.4, -0.2) is 6.04 Å². The summed E-state index contributed by atoms with van der Waals surface area (Å²) in [6.07, 6.45) is 2.60. The molecular weight excluding hydrogens is 172 g/mol. The molecule has 2 nitrogen and oxygen atoms in total. The van der Waals surface area contributed by atoms with Crippen LogP contribution in [-0.2, 0) is 0 Å². The molecule has 1 fully saturated rings. The quantitative estimate of drug-likeness (QED) is 0.719. The lowest BCUT2D eigenvalue weighted by Crippen LogP contribution is -2.05. The minimum atomic E-state index is 0.697. The molecule has 0 heterocycles. The molecule has 2 heteroatoms. The van der Waals surface area contributed by atoms with Gasteiger partial charge in [-0.3, -0.25) is 0 Å². The minimum Gasteiger partial charge on any atom is -0.399 e. The summed E-state index contributed by atoms with van der Waals surface area (Å²) in [7, 11) is 0. The van der Waals surface area contributed by atoms with Gasteiger partial charge < -0.3 is 11.1 Å². The molecule has 0 bridgehead atoms. The van der Waals surface area contributed by atoms with Crippen molar-refractivity contribution in [2.45, 2.75) is 32.7 Å². The zero-order valence-corrected chi connectivity index (χ0v) is 8.88. The van der Waals surface area contributed by atoms with E-state index < -0.39 is 0 Å². The Labute approximate surface area is 85.5 Å². The SMILES string of the molecule is CCC1CC1Nc1ccc(N)cc1C. The second-order valence-electron chi connectivity index (χ2n) is 4.23. The van der Waals surface area contributed by atoms with Crippen LogP contribution in [0.4, 0.5) is 11.4 Å². The molecule has 1 saturated carbocycles. The standard InChI is InChI=1S/C12H18N2/c1-3-9-7-12(9)14-11-5-4-10(13)6-8(11)2/h4-6,9,12,14H,3,7,13H2,1-2H3. The van der Waals surface area contributed by atoms with Gasteiger partial charge in [0.25, 0.3) is 0 Å². The van der Waals surface area contributed by atoms with Gasteiger partial charge in [0.2, 0.25) is 0 Å². The molecule has 2 unspecified atom stereocenters. The zero-order chi connectivity index (χ0) is 10.1. The van der Waals surface area contributed by atoms with Crippen LogP contribution >= 0.6 is 0 Å². The topological polar surface area (TPSA) is 38.0 Å². The van der Waals surface area contributed by atoms with Crippen LogP contribution in [0.3, 0.4) is 0 Å². The summed E-state index contributed by atoms with van der Waals surface area (Å²) in [6.45, 7) is 4.35. The Morgan fingerprint density at radius 2 is 2.29 bits per heavy atom. The van der Waals surface area contributed by atoms with Gasteiger partial charge in [0.05, 0.1) is 0 Å². The van der Waals surface area contributed by atoms with Crippen molar-refractivity contribution < 1.29 is 0 Å². The van der Waals surface area contributed by atoms with E-state index in [0.29, 0.717) is 6.04 Å². The van der Waals surface area contributed by atoms with E-state index in [0.717, 1.165) is 11.6 Å². The van der Waals surface area contributed by atoms with Crippen LogP contribution in [0.15, 0.2) is 18.2 Å². The largest absolute Gasteiger partial charge is 0.399 e. The third-order valence-corrected chi connectivity index (χ3v) is 3.04. The van der Waals surface area contributed by atoms with Gasteiger partial charge in [-0.1, -0.05) is 13.3 Å². The van der Waals surface area contributed by atoms with Crippen molar-refractivity contribution in [3.8, 4) is 0 Å². The smallest absolute Gasteiger partial charge is 0.0373 e. The highest BCUT2D eigenvalue weighted by molar-refractivity contribution is 5.58. The summed E-state index contributed by atoms with van der Waals surface area (Å²) in [4.78, 5) is 0. The Bertz CT molecular complexity index is 333. The molecule has 1 aromatic carbocycles. The zero-order valence-electron chi connectivity index (χ0n) is 8.88. The average molecular weight is 190 g/mol. The molecule has 76 valence electrons. The summed E-state index contributed by atoms with van der Waals surface area (Å²) in [5.74, 6) is 0.881. The van der Waals surface area contributed by atoms with Crippen LogP contribution in [0.25, 0.3) is 0 Å². The first-order chi connectivity index (χ1) is 6.70. The number of aryl methyl sites for hydroxylation is 1. The minimum absolute atomic E-state index is 0.697. The lowest BCUT2D eigenvalue weighted by Gasteiger charge is -2.09. The molecule has 2 rings (SSSR count). The normalized spacial score (nSPS) is 24.7. The van der Waals surface area contributed by atoms with Gasteiger partial charge in [0, 0.05) is 17.4 Å². The van der Waals surface area contributed by atoms with E-state index in [4.69, 9.17) is 5.73 Å². The highest BCUT2D eigenvalue weighted by Gasteiger charge is 2.35. The number of nitrogen functional groups attached to an aromatic ring is 1. The molecule has 0 amide bonds.